The number of thiophene rings is 1. The lowest BCUT2D eigenvalue weighted by atomic mass is 10.1. The lowest BCUT2D eigenvalue weighted by Gasteiger charge is -2.11. The molecule has 0 saturated heterocycles. The fourth-order valence-corrected chi connectivity index (χ4v) is 3.95. The van der Waals surface area contributed by atoms with Crippen LogP contribution in [0.4, 0.5) is 5.69 Å². The minimum Gasteiger partial charge on any atom is -0.504 e. The third kappa shape index (κ3) is 3.74. The Hall–Kier alpha value is -4.10. The predicted molar refractivity (Wildman–Crippen MR) is 121 cm³/mol. The molecule has 0 unspecified atom stereocenters. The molecule has 3 aromatic carbocycles. The number of ether oxygens (including phenoxy) is 1. The highest BCUT2D eigenvalue weighted by molar-refractivity contribution is 7.12. The van der Waals surface area contributed by atoms with E-state index in [4.69, 9.17) is 4.74 Å². The normalized spacial score (nSPS) is 11.0. The lowest BCUT2D eigenvalue weighted by molar-refractivity contribution is 0.103. The van der Waals surface area contributed by atoms with Crippen LogP contribution in [-0.2, 0) is 0 Å². The number of hydrogen-bond donors (Lipinski definition) is 3. The molecule has 1 amide bonds. The average molecular weight is 428 g/mol. The number of aromatic nitrogens is 1. The van der Waals surface area contributed by atoms with Crippen LogP contribution in [0.2, 0.25) is 0 Å². The number of amides is 1. The molecule has 3 N–H and O–H groups in total. The Kier molecular flexibility index (Phi) is 4.65. The van der Waals surface area contributed by atoms with Crippen molar-refractivity contribution in [2.24, 2.45) is 0 Å². The van der Waals surface area contributed by atoms with Crippen LogP contribution in [0.1, 0.15) is 9.67 Å². The molecule has 0 fully saturated rings. The number of pyridine rings is 1. The lowest BCUT2D eigenvalue weighted by Crippen LogP contribution is -2.09. The molecular weight excluding hydrogens is 412 g/mol. The van der Waals surface area contributed by atoms with Crippen LogP contribution in [0, 0.1) is 0 Å². The standard InChI is InChI=1S/C24H16N2O4S/c27-20-12-18-19(13-21(20)28)25-8-7-22(18)30-17-6-4-14-3-5-16(10-15(14)11-17)26-24(29)23-2-1-9-31-23/h1-13,27-28H,(H,26,29). The van der Waals surface area contributed by atoms with E-state index >= 15 is 0 Å². The van der Waals surface area contributed by atoms with Crippen molar-refractivity contribution in [2.75, 3.05) is 5.32 Å². The summed E-state index contributed by atoms with van der Waals surface area (Å²) in [6.45, 7) is 0. The molecule has 2 heterocycles. The molecule has 0 aliphatic carbocycles. The van der Waals surface area contributed by atoms with E-state index in [1.807, 2.05) is 47.8 Å². The summed E-state index contributed by atoms with van der Waals surface area (Å²) in [7, 11) is 0. The van der Waals surface area contributed by atoms with Crippen molar-refractivity contribution in [3.05, 3.63) is 83.2 Å². The summed E-state index contributed by atoms with van der Waals surface area (Å²) in [5, 5.41) is 26.8. The van der Waals surface area contributed by atoms with Gasteiger partial charge in [-0.1, -0.05) is 18.2 Å². The molecule has 0 saturated carbocycles. The van der Waals surface area contributed by atoms with Gasteiger partial charge in [0.05, 0.1) is 10.4 Å². The highest BCUT2D eigenvalue weighted by Gasteiger charge is 2.11. The number of nitrogens with zero attached hydrogens (tertiary/aromatic N) is 1. The van der Waals surface area contributed by atoms with Gasteiger partial charge in [-0.3, -0.25) is 9.78 Å². The number of anilines is 1. The molecule has 0 bridgehead atoms. The van der Waals surface area contributed by atoms with E-state index in [1.165, 1.54) is 23.5 Å². The van der Waals surface area contributed by atoms with E-state index in [0.717, 1.165) is 10.8 Å². The smallest absolute Gasteiger partial charge is 0.265 e. The van der Waals surface area contributed by atoms with Gasteiger partial charge < -0.3 is 20.3 Å². The van der Waals surface area contributed by atoms with Crippen LogP contribution in [0.3, 0.4) is 0 Å². The van der Waals surface area contributed by atoms with Gasteiger partial charge in [0.15, 0.2) is 11.5 Å². The fraction of sp³-hybridized carbons (Fsp3) is 0. The van der Waals surface area contributed by atoms with Crippen LogP contribution < -0.4 is 10.1 Å². The van der Waals surface area contributed by atoms with E-state index in [2.05, 4.69) is 10.3 Å². The molecule has 5 rings (SSSR count). The number of phenols is 2. The van der Waals surface area contributed by atoms with Crippen molar-refractivity contribution in [1.82, 2.24) is 4.98 Å². The maximum atomic E-state index is 12.3. The Labute approximate surface area is 181 Å². The van der Waals surface area contributed by atoms with Crippen LogP contribution in [-0.4, -0.2) is 21.1 Å². The van der Waals surface area contributed by atoms with E-state index in [1.54, 1.807) is 18.3 Å². The molecule has 0 spiro atoms. The minimum absolute atomic E-state index is 0.145. The van der Waals surface area contributed by atoms with Gasteiger partial charge in [0.2, 0.25) is 0 Å². The van der Waals surface area contributed by atoms with Crippen LogP contribution in [0.5, 0.6) is 23.0 Å². The average Bonchev–Trinajstić information content (AvgIpc) is 3.30. The molecule has 0 aliphatic rings. The van der Waals surface area contributed by atoms with Crippen LogP contribution in [0.25, 0.3) is 21.7 Å². The first-order chi connectivity index (χ1) is 15.1. The van der Waals surface area contributed by atoms with Gasteiger partial charge in [0.1, 0.15) is 11.5 Å². The van der Waals surface area contributed by atoms with Gasteiger partial charge in [0, 0.05) is 23.3 Å². The second kappa shape index (κ2) is 7.62. The van der Waals surface area contributed by atoms with Gasteiger partial charge in [-0.2, -0.15) is 0 Å². The molecule has 6 nitrogen and oxygen atoms in total. The first-order valence-electron chi connectivity index (χ1n) is 9.44. The van der Waals surface area contributed by atoms with Crippen molar-refractivity contribution in [1.29, 1.82) is 0 Å². The van der Waals surface area contributed by atoms with Crippen molar-refractivity contribution < 1.29 is 19.7 Å². The van der Waals surface area contributed by atoms with Crippen molar-refractivity contribution in [3.63, 3.8) is 0 Å². The SMILES string of the molecule is O=C(Nc1ccc2ccc(Oc3ccnc4cc(O)c(O)cc34)cc2c1)c1cccs1. The molecule has 7 heteroatoms. The number of phenolic OH excluding ortho intramolecular Hbond substituents is 2. The number of nitrogens with one attached hydrogen (secondary N) is 1. The largest absolute Gasteiger partial charge is 0.504 e. The second-order valence-corrected chi connectivity index (χ2v) is 7.87. The van der Waals surface area contributed by atoms with E-state index < -0.39 is 0 Å². The summed E-state index contributed by atoms with van der Waals surface area (Å²) in [6, 6.07) is 19.5. The number of hydrogen-bond acceptors (Lipinski definition) is 6. The Balaban J connectivity index is 1.46. The van der Waals surface area contributed by atoms with Crippen molar-refractivity contribution in [2.45, 2.75) is 0 Å². The molecule has 0 atom stereocenters. The summed E-state index contributed by atoms with van der Waals surface area (Å²) in [4.78, 5) is 17.2. The fourth-order valence-electron chi connectivity index (χ4n) is 3.33. The first-order valence-corrected chi connectivity index (χ1v) is 10.3. The zero-order valence-electron chi connectivity index (χ0n) is 16.1. The summed E-state index contributed by atoms with van der Waals surface area (Å²) in [5.41, 5.74) is 1.20. The molecule has 2 aromatic heterocycles. The zero-order valence-corrected chi connectivity index (χ0v) is 16.9. The van der Waals surface area contributed by atoms with Gasteiger partial charge in [-0.05, 0) is 58.6 Å². The Morgan fingerprint density at radius 2 is 1.77 bits per heavy atom. The van der Waals surface area contributed by atoms with E-state index in [9.17, 15) is 15.0 Å². The number of benzene rings is 3. The number of aromatic hydroxyl groups is 2. The third-order valence-corrected chi connectivity index (χ3v) is 5.71. The minimum atomic E-state index is -0.241. The van der Waals surface area contributed by atoms with Gasteiger partial charge in [0.25, 0.3) is 5.91 Å². The van der Waals surface area contributed by atoms with Gasteiger partial charge >= 0.3 is 0 Å². The van der Waals surface area contributed by atoms with Crippen LogP contribution >= 0.6 is 11.3 Å². The summed E-state index contributed by atoms with van der Waals surface area (Å²) < 4.78 is 6.06. The highest BCUT2D eigenvalue weighted by atomic mass is 32.1. The third-order valence-electron chi connectivity index (χ3n) is 4.84. The van der Waals surface area contributed by atoms with Gasteiger partial charge in [-0.15, -0.1) is 11.3 Å². The molecule has 5 aromatic rings. The quantitative estimate of drug-likeness (QED) is 0.310. The number of carbonyl (C=O) groups is 1. The summed E-state index contributed by atoms with van der Waals surface area (Å²) in [5.74, 6) is 0.471. The van der Waals surface area contributed by atoms with E-state index in [-0.39, 0.29) is 17.4 Å². The van der Waals surface area contributed by atoms with Gasteiger partial charge in [-0.25, -0.2) is 0 Å². The monoisotopic (exact) mass is 428 g/mol. The van der Waals surface area contributed by atoms with Crippen LogP contribution in [0.15, 0.2) is 78.3 Å². The summed E-state index contributed by atoms with van der Waals surface area (Å²) >= 11 is 1.39. The number of fused-ring (bicyclic) bond motifs is 2. The summed E-state index contributed by atoms with van der Waals surface area (Å²) in [6.07, 6.45) is 1.58. The second-order valence-electron chi connectivity index (χ2n) is 6.92. The predicted octanol–water partition coefficient (Wildman–Crippen LogP) is 5.91. The first kappa shape index (κ1) is 18.9. The molecule has 0 radical (unpaired) electrons. The molecule has 0 aliphatic heterocycles. The Morgan fingerprint density at radius 1 is 0.935 bits per heavy atom. The topological polar surface area (TPSA) is 91.7 Å². The maximum Gasteiger partial charge on any atom is 0.265 e. The van der Waals surface area contributed by atoms with Crippen molar-refractivity contribution >= 4 is 44.6 Å². The Morgan fingerprint density at radius 3 is 2.61 bits per heavy atom. The molecular formula is C24H16N2O4S. The number of carbonyl (C=O) groups excluding carboxylic acids is 1. The molecule has 31 heavy (non-hydrogen) atoms. The van der Waals surface area contributed by atoms with Crippen molar-refractivity contribution in [3.8, 4) is 23.0 Å². The highest BCUT2D eigenvalue weighted by Crippen LogP contribution is 2.36. The zero-order chi connectivity index (χ0) is 21.4. The molecule has 152 valence electrons. The number of rotatable bonds is 4. The Bertz CT molecular complexity index is 1430. The van der Waals surface area contributed by atoms with E-state index in [0.29, 0.717) is 33.0 Å². The maximum absolute atomic E-state index is 12.3.